The summed E-state index contributed by atoms with van der Waals surface area (Å²) in [6.07, 6.45) is 2.05. The molecule has 4 heteroatoms. The zero-order valence-electron chi connectivity index (χ0n) is 17.2. The van der Waals surface area contributed by atoms with Gasteiger partial charge in [0.25, 0.3) is 5.56 Å². The minimum absolute atomic E-state index is 0.0904. The van der Waals surface area contributed by atoms with Crippen LogP contribution in [-0.2, 0) is 6.42 Å². The number of nitrogens with zero attached hydrogens (tertiary/aromatic N) is 2. The van der Waals surface area contributed by atoms with Crippen molar-refractivity contribution < 1.29 is 5.11 Å². The first-order valence-corrected chi connectivity index (χ1v) is 10.2. The number of aryl methyl sites for hydroxylation is 2. The Morgan fingerprint density at radius 2 is 1.57 bits per heavy atom. The van der Waals surface area contributed by atoms with Gasteiger partial charge in [0, 0.05) is 0 Å². The van der Waals surface area contributed by atoms with E-state index in [9.17, 15) is 9.90 Å². The van der Waals surface area contributed by atoms with E-state index in [1.54, 1.807) is 22.8 Å². The van der Waals surface area contributed by atoms with Gasteiger partial charge in [-0.15, -0.1) is 0 Å². The summed E-state index contributed by atoms with van der Waals surface area (Å²) >= 11 is 0. The van der Waals surface area contributed by atoms with Crippen LogP contribution in [0.15, 0.2) is 83.7 Å². The van der Waals surface area contributed by atoms with Gasteiger partial charge in [-0.3, -0.25) is 9.36 Å². The monoisotopic (exact) mass is 396 g/mol. The van der Waals surface area contributed by atoms with Gasteiger partial charge in [-0.1, -0.05) is 67.9 Å². The van der Waals surface area contributed by atoms with E-state index in [2.05, 4.69) is 6.92 Å². The topological polar surface area (TPSA) is 55.1 Å². The summed E-state index contributed by atoms with van der Waals surface area (Å²) in [5, 5.41) is 10.5. The second kappa shape index (κ2) is 8.37. The van der Waals surface area contributed by atoms with Crippen LogP contribution in [0.5, 0.6) is 5.75 Å². The van der Waals surface area contributed by atoms with Crippen LogP contribution in [-0.4, -0.2) is 14.7 Å². The molecule has 0 amide bonds. The van der Waals surface area contributed by atoms with E-state index < -0.39 is 0 Å². The van der Waals surface area contributed by atoms with Crippen molar-refractivity contribution >= 4 is 0 Å². The molecule has 1 heterocycles. The molecule has 0 fully saturated rings. The van der Waals surface area contributed by atoms with Crippen molar-refractivity contribution in [3.63, 3.8) is 0 Å². The van der Waals surface area contributed by atoms with E-state index in [0.29, 0.717) is 22.6 Å². The van der Waals surface area contributed by atoms with Crippen LogP contribution in [0.4, 0.5) is 0 Å². The number of aromatic hydroxyl groups is 1. The van der Waals surface area contributed by atoms with Crippen molar-refractivity contribution in [2.24, 2.45) is 0 Å². The largest absolute Gasteiger partial charge is 0.507 e. The average Bonchev–Trinajstić information content (AvgIpc) is 2.76. The molecule has 0 aliphatic rings. The lowest BCUT2D eigenvalue weighted by atomic mass is 10.0. The Morgan fingerprint density at radius 3 is 2.23 bits per heavy atom. The zero-order chi connectivity index (χ0) is 21.1. The first-order chi connectivity index (χ1) is 14.6. The van der Waals surface area contributed by atoms with E-state index in [0.717, 1.165) is 24.1 Å². The van der Waals surface area contributed by atoms with Crippen LogP contribution in [0, 0.1) is 6.92 Å². The zero-order valence-corrected chi connectivity index (χ0v) is 17.2. The van der Waals surface area contributed by atoms with Gasteiger partial charge in [0.2, 0.25) is 0 Å². The van der Waals surface area contributed by atoms with Crippen LogP contribution >= 0.6 is 0 Å². The van der Waals surface area contributed by atoms with Crippen molar-refractivity contribution in [1.82, 2.24) is 9.55 Å². The molecule has 4 nitrogen and oxygen atoms in total. The van der Waals surface area contributed by atoms with Gasteiger partial charge in [-0.25, -0.2) is 4.98 Å². The van der Waals surface area contributed by atoms with Gasteiger partial charge in [-0.2, -0.15) is 0 Å². The summed E-state index contributed by atoms with van der Waals surface area (Å²) in [4.78, 5) is 18.5. The van der Waals surface area contributed by atoms with E-state index in [4.69, 9.17) is 4.98 Å². The molecule has 0 aliphatic heterocycles. The fraction of sp³-hybridized carbons (Fsp3) is 0.154. The van der Waals surface area contributed by atoms with Crippen molar-refractivity contribution in [3.8, 4) is 34.0 Å². The molecule has 0 bridgehead atoms. The molecule has 0 atom stereocenters. The normalized spacial score (nSPS) is 10.9. The molecule has 1 N–H and O–H groups in total. The molecular formula is C26H24N2O2. The second-order valence-electron chi connectivity index (χ2n) is 7.34. The molecule has 30 heavy (non-hydrogen) atoms. The van der Waals surface area contributed by atoms with Gasteiger partial charge >= 0.3 is 0 Å². The summed E-state index contributed by atoms with van der Waals surface area (Å²) in [6.45, 7) is 3.98. The van der Waals surface area contributed by atoms with E-state index in [1.807, 2.05) is 67.6 Å². The number of phenolic OH excluding ortho intramolecular Hbond substituents is 1. The predicted octanol–water partition coefficient (Wildman–Crippen LogP) is 5.53. The molecule has 0 saturated heterocycles. The van der Waals surface area contributed by atoms with Crippen molar-refractivity contribution in [3.05, 3.63) is 100 Å². The van der Waals surface area contributed by atoms with Crippen molar-refractivity contribution in [2.75, 3.05) is 0 Å². The van der Waals surface area contributed by atoms with Gasteiger partial charge in [0.15, 0.2) is 5.82 Å². The smallest absolute Gasteiger partial charge is 0.266 e. The highest BCUT2D eigenvalue weighted by Crippen LogP contribution is 2.30. The quantitative estimate of drug-likeness (QED) is 0.482. The lowest BCUT2D eigenvalue weighted by Gasteiger charge is -2.17. The third kappa shape index (κ3) is 3.64. The summed E-state index contributed by atoms with van der Waals surface area (Å²) in [6, 6.07) is 24.5. The Labute approximate surface area is 176 Å². The number of rotatable bonds is 5. The number of aromatic nitrogens is 2. The van der Waals surface area contributed by atoms with E-state index in [-0.39, 0.29) is 11.3 Å². The first kappa shape index (κ1) is 19.6. The third-order valence-electron chi connectivity index (χ3n) is 5.20. The average molecular weight is 396 g/mol. The van der Waals surface area contributed by atoms with Crippen LogP contribution in [0.25, 0.3) is 28.2 Å². The molecule has 0 unspecified atom stereocenters. The van der Waals surface area contributed by atoms with Gasteiger partial charge in [0.05, 0.1) is 22.5 Å². The minimum Gasteiger partial charge on any atom is -0.507 e. The van der Waals surface area contributed by atoms with Gasteiger partial charge in [-0.05, 0) is 48.7 Å². The second-order valence-corrected chi connectivity index (χ2v) is 7.34. The Kier molecular flexibility index (Phi) is 5.48. The lowest BCUT2D eigenvalue weighted by molar-refractivity contribution is 0.476. The SMILES string of the molecule is CCCc1ccc(-n2c(-c3ccccc3O)nc(C)c(-c3ccccc3)c2=O)cc1. The number of para-hydroxylation sites is 1. The molecular weight excluding hydrogens is 372 g/mol. The fourth-order valence-corrected chi connectivity index (χ4v) is 3.75. The Hall–Kier alpha value is -3.66. The summed E-state index contributed by atoms with van der Waals surface area (Å²) in [5.41, 5.74) is 4.33. The maximum absolute atomic E-state index is 13.7. The fourth-order valence-electron chi connectivity index (χ4n) is 3.75. The maximum atomic E-state index is 13.7. The van der Waals surface area contributed by atoms with Crippen LogP contribution in [0.1, 0.15) is 24.6 Å². The highest BCUT2D eigenvalue weighted by Gasteiger charge is 2.19. The summed E-state index contributed by atoms with van der Waals surface area (Å²) in [7, 11) is 0. The molecule has 4 aromatic rings. The van der Waals surface area contributed by atoms with Crippen molar-refractivity contribution in [2.45, 2.75) is 26.7 Å². The van der Waals surface area contributed by atoms with Crippen molar-refractivity contribution in [1.29, 1.82) is 0 Å². The Balaban J connectivity index is 2.02. The molecule has 4 rings (SSSR count). The number of benzene rings is 3. The first-order valence-electron chi connectivity index (χ1n) is 10.2. The third-order valence-corrected chi connectivity index (χ3v) is 5.20. The molecule has 1 aromatic heterocycles. The standard InChI is InChI=1S/C26H24N2O2/c1-3-9-19-14-16-21(17-15-19)28-25(22-12-7-8-13-23(22)29)27-18(2)24(26(28)30)20-10-5-4-6-11-20/h4-8,10-17,29H,3,9H2,1-2H3. The number of phenols is 1. The molecule has 0 aliphatic carbocycles. The molecule has 3 aromatic carbocycles. The highest BCUT2D eigenvalue weighted by atomic mass is 16.3. The Bertz CT molecular complexity index is 1230. The maximum Gasteiger partial charge on any atom is 0.266 e. The molecule has 0 saturated carbocycles. The predicted molar refractivity (Wildman–Crippen MR) is 121 cm³/mol. The summed E-state index contributed by atoms with van der Waals surface area (Å²) < 4.78 is 1.60. The van der Waals surface area contributed by atoms with Crippen LogP contribution < -0.4 is 5.56 Å². The van der Waals surface area contributed by atoms with E-state index >= 15 is 0 Å². The number of hydrogen-bond acceptors (Lipinski definition) is 3. The van der Waals surface area contributed by atoms with Gasteiger partial charge in [0.1, 0.15) is 5.75 Å². The van der Waals surface area contributed by atoms with Crippen LogP contribution in [0.2, 0.25) is 0 Å². The van der Waals surface area contributed by atoms with Gasteiger partial charge < -0.3 is 5.11 Å². The van der Waals surface area contributed by atoms with Crippen LogP contribution in [0.3, 0.4) is 0 Å². The highest BCUT2D eigenvalue weighted by molar-refractivity contribution is 5.71. The minimum atomic E-state index is -0.157. The summed E-state index contributed by atoms with van der Waals surface area (Å²) in [5.74, 6) is 0.520. The lowest BCUT2D eigenvalue weighted by Crippen LogP contribution is -2.24. The molecule has 150 valence electrons. The molecule has 0 spiro atoms. The van der Waals surface area contributed by atoms with E-state index in [1.165, 1.54) is 5.56 Å². The Morgan fingerprint density at radius 1 is 0.900 bits per heavy atom. The number of hydrogen-bond donors (Lipinski definition) is 1. The molecule has 0 radical (unpaired) electrons.